The average molecular weight is 274 g/mol. The van der Waals surface area contributed by atoms with Crippen LogP contribution in [0.4, 0.5) is 4.39 Å². The molecule has 0 radical (unpaired) electrons. The zero-order valence-corrected chi connectivity index (χ0v) is 12.0. The molecule has 0 heterocycles. The Morgan fingerprint density at radius 2 is 1.90 bits per heavy atom. The number of aryl methyl sites for hydroxylation is 2. The van der Waals surface area contributed by atoms with E-state index in [0.29, 0.717) is 17.7 Å². The maximum absolute atomic E-state index is 14.2. The van der Waals surface area contributed by atoms with E-state index >= 15 is 0 Å². The highest BCUT2D eigenvalue weighted by atomic mass is 19.1. The van der Waals surface area contributed by atoms with Crippen LogP contribution in [-0.2, 0) is 11.3 Å². The maximum atomic E-state index is 14.2. The Kier molecular flexibility index (Phi) is 4.53. The molecule has 106 valence electrons. The van der Waals surface area contributed by atoms with E-state index in [9.17, 15) is 9.50 Å². The summed E-state index contributed by atoms with van der Waals surface area (Å²) >= 11 is 0. The number of ether oxygens (including phenoxy) is 1. The number of rotatable bonds is 4. The summed E-state index contributed by atoms with van der Waals surface area (Å²) in [6, 6.07) is 10.7. The third kappa shape index (κ3) is 2.89. The van der Waals surface area contributed by atoms with Crippen molar-refractivity contribution in [1.82, 2.24) is 0 Å². The van der Waals surface area contributed by atoms with Gasteiger partial charge in [-0.05, 0) is 42.2 Å². The number of aliphatic hydroxyl groups is 1. The van der Waals surface area contributed by atoms with Crippen LogP contribution in [-0.4, -0.2) is 12.2 Å². The summed E-state index contributed by atoms with van der Waals surface area (Å²) in [5, 5.41) is 10.6. The lowest BCUT2D eigenvalue weighted by molar-refractivity contribution is 0.175. The molecule has 0 amide bonds. The van der Waals surface area contributed by atoms with Gasteiger partial charge in [0.1, 0.15) is 11.9 Å². The van der Waals surface area contributed by atoms with Crippen molar-refractivity contribution in [2.24, 2.45) is 0 Å². The smallest absolute Gasteiger partial charge is 0.129 e. The molecule has 0 aliphatic heterocycles. The van der Waals surface area contributed by atoms with Crippen molar-refractivity contribution >= 4 is 0 Å². The largest absolute Gasteiger partial charge is 0.384 e. The monoisotopic (exact) mass is 274 g/mol. The van der Waals surface area contributed by atoms with Crippen LogP contribution < -0.4 is 0 Å². The number of hydrogen-bond donors (Lipinski definition) is 1. The second kappa shape index (κ2) is 6.16. The Hall–Kier alpha value is -1.71. The summed E-state index contributed by atoms with van der Waals surface area (Å²) in [6.07, 6.45) is -0.984. The van der Waals surface area contributed by atoms with Crippen LogP contribution in [0.15, 0.2) is 36.4 Å². The second-order valence-corrected chi connectivity index (χ2v) is 5.01. The molecule has 0 saturated heterocycles. The SMILES string of the molecule is COCc1ccccc1C(O)c1c(C)cc(C)cc1F. The van der Waals surface area contributed by atoms with E-state index < -0.39 is 6.10 Å². The number of aliphatic hydroxyl groups excluding tert-OH is 1. The molecule has 1 atom stereocenters. The van der Waals surface area contributed by atoms with Crippen LogP contribution in [0.25, 0.3) is 0 Å². The van der Waals surface area contributed by atoms with Gasteiger partial charge in [0, 0.05) is 12.7 Å². The Bertz CT molecular complexity index is 585. The van der Waals surface area contributed by atoms with Crippen LogP contribution >= 0.6 is 0 Å². The van der Waals surface area contributed by atoms with E-state index in [1.165, 1.54) is 6.07 Å². The van der Waals surface area contributed by atoms with E-state index in [1.54, 1.807) is 13.2 Å². The molecule has 0 aliphatic carbocycles. The van der Waals surface area contributed by atoms with Crippen LogP contribution in [0, 0.1) is 19.7 Å². The van der Waals surface area contributed by atoms with Crippen LogP contribution in [0.5, 0.6) is 0 Å². The first-order valence-electron chi connectivity index (χ1n) is 6.56. The summed E-state index contributed by atoms with van der Waals surface area (Å²) in [7, 11) is 1.60. The Morgan fingerprint density at radius 3 is 2.55 bits per heavy atom. The van der Waals surface area contributed by atoms with Crippen LogP contribution in [0.2, 0.25) is 0 Å². The molecule has 2 aromatic carbocycles. The predicted octanol–water partition coefficient (Wildman–Crippen LogP) is 3.67. The normalized spacial score (nSPS) is 12.4. The van der Waals surface area contributed by atoms with Gasteiger partial charge >= 0.3 is 0 Å². The molecular weight excluding hydrogens is 255 g/mol. The summed E-state index contributed by atoms with van der Waals surface area (Å²) in [4.78, 5) is 0. The van der Waals surface area contributed by atoms with Crippen molar-refractivity contribution in [2.45, 2.75) is 26.6 Å². The maximum Gasteiger partial charge on any atom is 0.129 e. The first-order chi connectivity index (χ1) is 9.54. The number of hydrogen-bond acceptors (Lipinski definition) is 2. The molecule has 2 rings (SSSR count). The minimum atomic E-state index is -0.984. The summed E-state index contributed by atoms with van der Waals surface area (Å²) < 4.78 is 19.3. The number of methoxy groups -OCH3 is 1. The van der Waals surface area contributed by atoms with E-state index in [-0.39, 0.29) is 5.82 Å². The predicted molar refractivity (Wildman–Crippen MR) is 77.1 cm³/mol. The highest BCUT2D eigenvalue weighted by Crippen LogP contribution is 2.30. The fourth-order valence-electron chi connectivity index (χ4n) is 2.52. The minimum absolute atomic E-state index is 0.333. The zero-order valence-electron chi connectivity index (χ0n) is 12.0. The van der Waals surface area contributed by atoms with E-state index in [2.05, 4.69) is 0 Å². The van der Waals surface area contributed by atoms with Crippen molar-refractivity contribution in [3.8, 4) is 0 Å². The van der Waals surface area contributed by atoms with Crippen molar-refractivity contribution < 1.29 is 14.2 Å². The minimum Gasteiger partial charge on any atom is -0.384 e. The zero-order chi connectivity index (χ0) is 14.7. The van der Waals surface area contributed by atoms with Gasteiger partial charge < -0.3 is 9.84 Å². The molecule has 2 nitrogen and oxygen atoms in total. The fraction of sp³-hybridized carbons (Fsp3) is 0.294. The molecule has 0 spiro atoms. The Morgan fingerprint density at radius 1 is 1.20 bits per heavy atom. The Balaban J connectivity index is 2.49. The molecule has 20 heavy (non-hydrogen) atoms. The lowest BCUT2D eigenvalue weighted by Gasteiger charge is -2.18. The average Bonchev–Trinajstić information content (AvgIpc) is 2.38. The quantitative estimate of drug-likeness (QED) is 0.921. The molecule has 0 bridgehead atoms. The van der Waals surface area contributed by atoms with Gasteiger partial charge in [-0.1, -0.05) is 30.3 Å². The standard InChI is InChI=1S/C17H19FO2/c1-11-8-12(2)16(15(18)9-11)17(19)14-7-5-4-6-13(14)10-20-3/h4-9,17,19H,10H2,1-3H3. The summed E-state index contributed by atoms with van der Waals surface area (Å²) in [5.41, 5.74) is 3.48. The van der Waals surface area contributed by atoms with Gasteiger partial charge in [0.15, 0.2) is 0 Å². The Labute approximate surface area is 118 Å². The molecule has 3 heteroatoms. The van der Waals surface area contributed by atoms with Gasteiger partial charge in [-0.2, -0.15) is 0 Å². The van der Waals surface area contributed by atoms with Gasteiger partial charge in [-0.25, -0.2) is 4.39 Å². The number of benzene rings is 2. The van der Waals surface area contributed by atoms with Crippen molar-refractivity contribution in [3.63, 3.8) is 0 Å². The van der Waals surface area contributed by atoms with Crippen LogP contribution in [0.3, 0.4) is 0 Å². The molecule has 0 aliphatic rings. The van der Waals surface area contributed by atoms with Gasteiger partial charge in [0.2, 0.25) is 0 Å². The molecule has 2 aromatic rings. The van der Waals surface area contributed by atoms with Gasteiger partial charge in [0.25, 0.3) is 0 Å². The van der Waals surface area contributed by atoms with Crippen LogP contribution in [0.1, 0.15) is 33.9 Å². The van der Waals surface area contributed by atoms with Crippen molar-refractivity contribution in [2.75, 3.05) is 7.11 Å². The van der Waals surface area contributed by atoms with Crippen molar-refractivity contribution in [3.05, 3.63) is 70.0 Å². The second-order valence-electron chi connectivity index (χ2n) is 5.01. The molecule has 0 saturated carbocycles. The van der Waals surface area contributed by atoms with Gasteiger partial charge in [-0.15, -0.1) is 0 Å². The van der Waals surface area contributed by atoms with Crippen molar-refractivity contribution in [1.29, 1.82) is 0 Å². The third-order valence-electron chi connectivity index (χ3n) is 3.40. The summed E-state index contributed by atoms with van der Waals surface area (Å²) in [6.45, 7) is 4.04. The fourth-order valence-corrected chi connectivity index (χ4v) is 2.52. The van der Waals surface area contributed by atoms with Gasteiger partial charge in [0.05, 0.1) is 6.61 Å². The van der Waals surface area contributed by atoms with E-state index in [0.717, 1.165) is 16.7 Å². The lowest BCUT2D eigenvalue weighted by Crippen LogP contribution is -2.08. The number of halogens is 1. The van der Waals surface area contributed by atoms with E-state index in [1.807, 2.05) is 38.1 Å². The highest BCUT2D eigenvalue weighted by molar-refractivity contribution is 5.41. The molecule has 1 N–H and O–H groups in total. The molecule has 0 aromatic heterocycles. The first kappa shape index (κ1) is 14.7. The molecule has 0 fully saturated rings. The summed E-state index contributed by atoms with van der Waals surface area (Å²) in [5.74, 6) is -0.373. The van der Waals surface area contributed by atoms with Gasteiger partial charge in [-0.3, -0.25) is 0 Å². The highest BCUT2D eigenvalue weighted by Gasteiger charge is 2.20. The lowest BCUT2D eigenvalue weighted by atomic mass is 9.93. The molecular formula is C17H19FO2. The van der Waals surface area contributed by atoms with E-state index in [4.69, 9.17) is 4.74 Å². The first-order valence-corrected chi connectivity index (χ1v) is 6.56. The third-order valence-corrected chi connectivity index (χ3v) is 3.40. The topological polar surface area (TPSA) is 29.5 Å². The molecule has 1 unspecified atom stereocenters.